The molecule has 1 saturated carbocycles. The monoisotopic (exact) mass is 196 g/mol. The molecule has 1 aliphatic carbocycles. The maximum Gasteiger partial charge on any atom is 0.0127 e. The summed E-state index contributed by atoms with van der Waals surface area (Å²) in [6.45, 7) is 5.80. The van der Waals surface area contributed by atoms with E-state index in [9.17, 15) is 0 Å². The van der Waals surface area contributed by atoms with Crippen molar-refractivity contribution in [1.29, 1.82) is 0 Å². The molecule has 2 aliphatic rings. The molecule has 0 aromatic carbocycles. The first kappa shape index (κ1) is 10.4. The average Bonchev–Trinajstić information content (AvgIpc) is 2.59. The third-order valence-corrected chi connectivity index (χ3v) is 4.08. The lowest BCUT2D eigenvalue weighted by atomic mass is 10.0. The molecule has 0 amide bonds. The molecular formula is C12H24N2. The van der Waals surface area contributed by atoms with Crippen molar-refractivity contribution < 1.29 is 0 Å². The lowest BCUT2D eigenvalue weighted by Crippen LogP contribution is -2.40. The summed E-state index contributed by atoms with van der Waals surface area (Å²) in [5.74, 6) is 1.02. The van der Waals surface area contributed by atoms with Crippen LogP contribution in [0.1, 0.15) is 46.0 Å². The summed E-state index contributed by atoms with van der Waals surface area (Å²) in [7, 11) is 0. The molecule has 0 aromatic heterocycles. The van der Waals surface area contributed by atoms with E-state index < -0.39 is 0 Å². The third kappa shape index (κ3) is 1.96. The Morgan fingerprint density at radius 1 is 1.29 bits per heavy atom. The Balaban J connectivity index is 1.91. The Bertz CT molecular complexity index is 191. The average molecular weight is 196 g/mol. The van der Waals surface area contributed by atoms with Gasteiger partial charge in [0.2, 0.25) is 0 Å². The van der Waals surface area contributed by atoms with Crippen molar-refractivity contribution in [3.8, 4) is 0 Å². The van der Waals surface area contributed by atoms with Gasteiger partial charge in [-0.1, -0.05) is 6.42 Å². The van der Waals surface area contributed by atoms with E-state index in [0.717, 1.165) is 18.4 Å². The highest BCUT2D eigenvalue weighted by Gasteiger charge is 2.39. The minimum atomic E-state index is 0.352. The van der Waals surface area contributed by atoms with E-state index >= 15 is 0 Å². The molecule has 4 atom stereocenters. The zero-order valence-electron chi connectivity index (χ0n) is 9.58. The van der Waals surface area contributed by atoms with Crippen LogP contribution in [0.5, 0.6) is 0 Å². The van der Waals surface area contributed by atoms with Crippen LogP contribution < -0.4 is 5.73 Å². The summed E-state index contributed by atoms with van der Waals surface area (Å²) in [6.07, 6.45) is 6.97. The predicted molar refractivity (Wildman–Crippen MR) is 60.2 cm³/mol. The first-order valence-corrected chi connectivity index (χ1v) is 6.20. The van der Waals surface area contributed by atoms with Crippen molar-refractivity contribution in [2.45, 2.75) is 64.1 Å². The van der Waals surface area contributed by atoms with Gasteiger partial charge in [-0.15, -0.1) is 0 Å². The molecule has 1 aliphatic heterocycles. The summed E-state index contributed by atoms with van der Waals surface area (Å²) in [4.78, 5) is 2.72. The summed E-state index contributed by atoms with van der Waals surface area (Å²) in [5, 5.41) is 0. The zero-order valence-corrected chi connectivity index (χ0v) is 9.58. The minimum absolute atomic E-state index is 0.352. The van der Waals surface area contributed by atoms with E-state index in [-0.39, 0.29) is 0 Å². The standard InChI is InChI=1S/C12H24N2/c1-9(13)8-10(2)14-7-6-11-4-3-5-12(11)14/h9-12H,3-8,13H2,1-2H3. The molecule has 0 radical (unpaired) electrons. The Labute approximate surface area is 87.8 Å². The van der Waals surface area contributed by atoms with Crippen LogP contribution in [-0.4, -0.2) is 29.6 Å². The van der Waals surface area contributed by atoms with E-state index in [4.69, 9.17) is 5.73 Å². The number of fused-ring (bicyclic) bond motifs is 1. The first-order chi connectivity index (χ1) is 6.68. The second-order valence-electron chi connectivity index (χ2n) is 5.35. The van der Waals surface area contributed by atoms with Gasteiger partial charge in [-0.25, -0.2) is 0 Å². The van der Waals surface area contributed by atoms with Gasteiger partial charge in [-0.2, -0.15) is 0 Å². The summed E-state index contributed by atoms with van der Waals surface area (Å²) in [6, 6.07) is 1.96. The molecule has 2 rings (SSSR count). The fraction of sp³-hybridized carbons (Fsp3) is 1.00. The highest BCUT2D eigenvalue weighted by Crippen LogP contribution is 2.39. The Morgan fingerprint density at radius 3 is 2.79 bits per heavy atom. The van der Waals surface area contributed by atoms with Gasteiger partial charge in [0, 0.05) is 18.1 Å². The van der Waals surface area contributed by atoms with Crippen molar-refractivity contribution in [2.75, 3.05) is 6.54 Å². The van der Waals surface area contributed by atoms with Gasteiger partial charge in [-0.3, -0.25) is 4.90 Å². The second kappa shape index (κ2) is 4.19. The topological polar surface area (TPSA) is 29.3 Å². The Hall–Kier alpha value is -0.0800. The van der Waals surface area contributed by atoms with Crippen LogP contribution in [-0.2, 0) is 0 Å². The molecule has 2 N–H and O–H groups in total. The number of nitrogens with zero attached hydrogens (tertiary/aromatic N) is 1. The van der Waals surface area contributed by atoms with Gasteiger partial charge in [0.25, 0.3) is 0 Å². The molecule has 0 aromatic rings. The summed E-state index contributed by atoms with van der Waals surface area (Å²) < 4.78 is 0. The number of nitrogens with two attached hydrogens (primary N) is 1. The van der Waals surface area contributed by atoms with Crippen LogP contribution >= 0.6 is 0 Å². The lowest BCUT2D eigenvalue weighted by molar-refractivity contribution is 0.169. The van der Waals surface area contributed by atoms with Crippen LogP contribution in [0.3, 0.4) is 0 Å². The van der Waals surface area contributed by atoms with E-state index in [0.29, 0.717) is 12.1 Å². The van der Waals surface area contributed by atoms with Gasteiger partial charge < -0.3 is 5.73 Å². The second-order valence-corrected chi connectivity index (χ2v) is 5.35. The van der Waals surface area contributed by atoms with Crippen LogP contribution in [0.4, 0.5) is 0 Å². The summed E-state index contributed by atoms with van der Waals surface area (Å²) in [5.41, 5.74) is 5.87. The van der Waals surface area contributed by atoms with Gasteiger partial charge in [-0.05, 0) is 52.0 Å². The SMILES string of the molecule is CC(N)CC(C)N1CCC2CCCC21. The van der Waals surface area contributed by atoms with Crippen molar-refractivity contribution in [3.05, 3.63) is 0 Å². The van der Waals surface area contributed by atoms with Crippen molar-refractivity contribution in [3.63, 3.8) is 0 Å². The fourth-order valence-corrected chi connectivity index (χ4v) is 3.49. The molecule has 14 heavy (non-hydrogen) atoms. The van der Waals surface area contributed by atoms with E-state index in [1.165, 1.54) is 32.2 Å². The number of hydrogen-bond donors (Lipinski definition) is 1. The van der Waals surface area contributed by atoms with Crippen molar-refractivity contribution in [2.24, 2.45) is 11.7 Å². The van der Waals surface area contributed by atoms with Crippen molar-refractivity contribution in [1.82, 2.24) is 4.90 Å². The highest BCUT2D eigenvalue weighted by molar-refractivity contribution is 4.93. The maximum absolute atomic E-state index is 5.87. The van der Waals surface area contributed by atoms with Crippen LogP contribution in [0.2, 0.25) is 0 Å². The number of rotatable bonds is 3. The van der Waals surface area contributed by atoms with E-state index in [1.807, 2.05) is 0 Å². The predicted octanol–water partition coefficient (Wildman–Crippen LogP) is 1.99. The molecule has 82 valence electrons. The molecule has 2 fully saturated rings. The van der Waals surface area contributed by atoms with Crippen molar-refractivity contribution >= 4 is 0 Å². The van der Waals surface area contributed by atoms with Gasteiger partial charge in [0.15, 0.2) is 0 Å². The maximum atomic E-state index is 5.87. The summed E-state index contributed by atoms with van der Waals surface area (Å²) >= 11 is 0. The largest absolute Gasteiger partial charge is 0.328 e. The molecule has 0 spiro atoms. The molecule has 4 unspecified atom stereocenters. The first-order valence-electron chi connectivity index (χ1n) is 6.20. The minimum Gasteiger partial charge on any atom is -0.328 e. The molecule has 0 bridgehead atoms. The van der Waals surface area contributed by atoms with E-state index in [1.54, 1.807) is 0 Å². The lowest BCUT2D eigenvalue weighted by Gasteiger charge is -2.31. The molecule has 1 saturated heterocycles. The highest BCUT2D eigenvalue weighted by atomic mass is 15.2. The quantitative estimate of drug-likeness (QED) is 0.748. The van der Waals surface area contributed by atoms with Crippen LogP contribution in [0.15, 0.2) is 0 Å². The van der Waals surface area contributed by atoms with E-state index in [2.05, 4.69) is 18.7 Å². The number of likely N-dealkylation sites (tertiary alicyclic amines) is 1. The molecule has 2 nitrogen and oxygen atoms in total. The molecular weight excluding hydrogens is 172 g/mol. The third-order valence-electron chi connectivity index (χ3n) is 4.08. The number of hydrogen-bond acceptors (Lipinski definition) is 2. The molecule has 2 heteroatoms. The van der Waals surface area contributed by atoms with Gasteiger partial charge in [0.05, 0.1) is 0 Å². The normalized spacial score (nSPS) is 37.1. The molecule has 1 heterocycles. The Morgan fingerprint density at radius 2 is 2.07 bits per heavy atom. The zero-order chi connectivity index (χ0) is 10.1. The van der Waals surface area contributed by atoms with Gasteiger partial charge in [0.1, 0.15) is 0 Å². The fourth-order valence-electron chi connectivity index (χ4n) is 3.49. The van der Waals surface area contributed by atoms with Gasteiger partial charge >= 0.3 is 0 Å². The Kier molecular flexibility index (Phi) is 3.13. The van der Waals surface area contributed by atoms with Crippen LogP contribution in [0.25, 0.3) is 0 Å². The van der Waals surface area contributed by atoms with Crippen LogP contribution in [0, 0.1) is 5.92 Å². The smallest absolute Gasteiger partial charge is 0.0127 e.